The molecule has 2 rings (SSSR count). The Morgan fingerprint density at radius 3 is 2.95 bits per heavy atom. The Labute approximate surface area is 119 Å². The lowest BCUT2D eigenvalue weighted by Gasteiger charge is -2.26. The van der Waals surface area contributed by atoms with Gasteiger partial charge in [-0.2, -0.15) is 5.26 Å². The number of likely N-dealkylation sites (tertiary alicyclic amines) is 1. The molecular formula is C16H20N2O2. The van der Waals surface area contributed by atoms with Gasteiger partial charge in [0.05, 0.1) is 17.7 Å². The fraction of sp³-hybridized carbons (Fsp3) is 0.500. The number of aryl methyl sites for hydroxylation is 1. The highest BCUT2D eigenvalue weighted by Gasteiger charge is 2.30. The van der Waals surface area contributed by atoms with Crippen LogP contribution in [-0.4, -0.2) is 34.6 Å². The van der Waals surface area contributed by atoms with Gasteiger partial charge >= 0.3 is 0 Å². The van der Waals surface area contributed by atoms with Crippen LogP contribution in [0.1, 0.15) is 47.7 Å². The molecule has 0 aliphatic carbocycles. The Balaban J connectivity index is 2.20. The topological polar surface area (TPSA) is 64.3 Å². The molecule has 1 saturated heterocycles. The summed E-state index contributed by atoms with van der Waals surface area (Å²) in [6, 6.07) is 7.36. The maximum atomic E-state index is 12.6. The van der Waals surface area contributed by atoms with Crippen molar-refractivity contribution in [3.63, 3.8) is 0 Å². The Hall–Kier alpha value is -1.86. The minimum atomic E-state index is -0.393. The van der Waals surface area contributed by atoms with Crippen molar-refractivity contribution in [3.8, 4) is 6.07 Å². The van der Waals surface area contributed by atoms with E-state index in [1.54, 1.807) is 25.1 Å². The predicted octanol–water partition coefficient (Wildman–Crippen LogP) is 2.24. The quantitative estimate of drug-likeness (QED) is 0.917. The lowest BCUT2D eigenvalue weighted by Crippen LogP contribution is -2.37. The normalized spacial score (nSPS) is 19.7. The van der Waals surface area contributed by atoms with Gasteiger partial charge in [-0.1, -0.05) is 0 Å². The van der Waals surface area contributed by atoms with Gasteiger partial charge in [0, 0.05) is 18.2 Å². The summed E-state index contributed by atoms with van der Waals surface area (Å²) >= 11 is 0. The molecule has 1 N–H and O–H groups in total. The van der Waals surface area contributed by atoms with Gasteiger partial charge in [-0.3, -0.25) is 4.79 Å². The van der Waals surface area contributed by atoms with E-state index >= 15 is 0 Å². The number of hydrogen-bond acceptors (Lipinski definition) is 3. The van der Waals surface area contributed by atoms with Crippen LogP contribution in [0.4, 0.5) is 0 Å². The lowest BCUT2D eigenvalue weighted by atomic mass is 10.0. The van der Waals surface area contributed by atoms with Crippen LogP contribution in [0.25, 0.3) is 0 Å². The molecule has 1 aromatic rings. The molecule has 1 aliphatic rings. The summed E-state index contributed by atoms with van der Waals surface area (Å²) in [5, 5.41) is 18.4. The summed E-state index contributed by atoms with van der Waals surface area (Å²) in [7, 11) is 0. The summed E-state index contributed by atoms with van der Waals surface area (Å²) in [5.41, 5.74) is 2.05. The number of nitrogens with zero attached hydrogens (tertiary/aromatic N) is 2. The molecule has 0 bridgehead atoms. The van der Waals surface area contributed by atoms with E-state index < -0.39 is 6.10 Å². The average molecular weight is 272 g/mol. The van der Waals surface area contributed by atoms with E-state index in [1.165, 1.54) is 0 Å². The van der Waals surface area contributed by atoms with Gasteiger partial charge in [-0.25, -0.2) is 0 Å². The molecule has 0 spiro atoms. The zero-order chi connectivity index (χ0) is 14.7. The minimum absolute atomic E-state index is 0.00939. The second kappa shape index (κ2) is 6.06. The second-order valence-electron chi connectivity index (χ2n) is 5.52. The summed E-state index contributed by atoms with van der Waals surface area (Å²) < 4.78 is 0. The molecule has 1 amide bonds. The highest BCUT2D eigenvalue weighted by atomic mass is 16.3. The number of amides is 1. The minimum Gasteiger partial charge on any atom is -0.393 e. The molecule has 4 heteroatoms. The first-order valence-electron chi connectivity index (χ1n) is 7.02. The third kappa shape index (κ3) is 3.00. The van der Waals surface area contributed by atoms with Crippen molar-refractivity contribution in [2.75, 3.05) is 6.54 Å². The summed E-state index contributed by atoms with van der Waals surface area (Å²) in [5.74, 6) is 0.00939. The van der Waals surface area contributed by atoms with Crippen molar-refractivity contribution in [1.82, 2.24) is 4.90 Å². The van der Waals surface area contributed by atoms with Crippen LogP contribution in [-0.2, 0) is 0 Å². The van der Waals surface area contributed by atoms with E-state index in [0.29, 0.717) is 17.5 Å². The number of rotatable bonds is 3. The molecule has 0 saturated carbocycles. The van der Waals surface area contributed by atoms with Gasteiger partial charge in [0.2, 0.25) is 0 Å². The van der Waals surface area contributed by atoms with Crippen LogP contribution < -0.4 is 0 Å². The maximum Gasteiger partial charge on any atom is 0.254 e. The predicted molar refractivity (Wildman–Crippen MR) is 76.3 cm³/mol. The third-order valence-electron chi connectivity index (χ3n) is 3.84. The molecule has 2 unspecified atom stereocenters. The Morgan fingerprint density at radius 2 is 2.35 bits per heavy atom. The highest BCUT2D eigenvalue weighted by Crippen LogP contribution is 2.25. The number of carbonyl (C=O) groups excluding carboxylic acids is 1. The summed E-state index contributed by atoms with van der Waals surface area (Å²) in [6.45, 7) is 4.36. The fourth-order valence-corrected chi connectivity index (χ4v) is 2.87. The number of benzene rings is 1. The molecule has 1 aromatic carbocycles. The molecular weight excluding hydrogens is 252 g/mol. The van der Waals surface area contributed by atoms with E-state index in [0.717, 1.165) is 24.9 Å². The number of carbonyl (C=O) groups is 1. The average Bonchev–Trinajstić information content (AvgIpc) is 2.85. The third-order valence-corrected chi connectivity index (χ3v) is 3.84. The lowest BCUT2D eigenvalue weighted by molar-refractivity contribution is 0.0681. The van der Waals surface area contributed by atoms with E-state index in [2.05, 4.69) is 6.07 Å². The first-order chi connectivity index (χ1) is 9.52. The molecule has 2 atom stereocenters. The zero-order valence-electron chi connectivity index (χ0n) is 12.0. The van der Waals surface area contributed by atoms with Gasteiger partial charge in [0.15, 0.2) is 0 Å². The highest BCUT2D eigenvalue weighted by molar-refractivity contribution is 5.96. The fourth-order valence-electron chi connectivity index (χ4n) is 2.87. The monoisotopic (exact) mass is 272 g/mol. The Kier molecular flexibility index (Phi) is 4.41. The van der Waals surface area contributed by atoms with Crippen molar-refractivity contribution < 1.29 is 9.90 Å². The smallest absolute Gasteiger partial charge is 0.254 e. The first kappa shape index (κ1) is 14.5. The summed E-state index contributed by atoms with van der Waals surface area (Å²) in [6.07, 6.45) is 2.17. The van der Waals surface area contributed by atoms with E-state index in [9.17, 15) is 9.90 Å². The van der Waals surface area contributed by atoms with Gasteiger partial charge < -0.3 is 10.0 Å². The van der Waals surface area contributed by atoms with Gasteiger partial charge in [-0.05, 0) is 56.9 Å². The standard InChI is InChI=1S/C16H20N2O2/c1-11-8-13(10-17)5-6-15(11)16(20)18-7-3-4-14(18)9-12(2)19/h5-6,8,12,14,19H,3-4,7,9H2,1-2H3. The molecule has 4 nitrogen and oxygen atoms in total. The van der Waals surface area contributed by atoms with Gasteiger partial charge in [-0.15, -0.1) is 0 Å². The largest absolute Gasteiger partial charge is 0.393 e. The van der Waals surface area contributed by atoms with Crippen molar-refractivity contribution in [2.45, 2.75) is 45.3 Å². The number of aliphatic hydroxyl groups is 1. The van der Waals surface area contributed by atoms with Crippen molar-refractivity contribution in [3.05, 3.63) is 34.9 Å². The Bertz CT molecular complexity index is 546. The van der Waals surface area contributed by atoms with Crippen LogP contribution in [0.5, 0.6) is 0 Å². The summed E-state index contributed by atoms with van der Waals surface area (Å²) in [4.78, 5) is 14.5. The van der Waals surface area contributed by atoms with Crippen molar-refractivity contribution in [2.24, 2.45) is 0 Å². The van der Waals surface area contributed by atoms with Gasteiger partial charge in [0.25, 0.3) is 5.91 Å². The first-order valence-corrected chi connectivity index (χ1v) is 7.02. The van der Waals surface area contributed by atoms with Gasteiger partial charge in [0.1, 0.15) is 0 Å². The number of hydrogen-bond donors (Lipinski definition) is 1. The SMILES string of the molecule is Cc1cc(C#N)ccc1C(=O)N1CCCC1CC(C)O. The molecule has 1 aliphatic heterocycles. The van der Waals surface area contributed by atoms with E-state index in [4.69, 9.17) is 5.26 Å². The molecule has 20 heavy (non-hydrogen) atoms. The van der Waals surface area contributed by atoms with E-state index in [-0.39, 0.29) is 11.9 Å². The molecule has 0 aromatic heterocycles. The van der Waals surface area contributed by atoms with Crippen LogP contribution in [0.15, 0.2) is 18.2 Å². The van der Waals surface area contributed by atoms with Crippen LogP contribution in [0.3, 0.4) is 0 Å². The zero-order valence-corrected chi connectivity index (χ0v) is 12.0. The number of aliphatic hydroxyl groups excluding tert-OH is 1. The number of nitriles is 1. The molecule has 0 radical (unpaired) electrons. The van der Waals surface area contributed by atoms with Crippen LogP contribution in [0.2, 0.25) is 0 Å². The molecule has 106 valence electrons. The maximum absolute atomic E-state index is 12.6. The van der Waals surface area contributed by atoms with Crippen molar-refractivity contribution >= 4 is 5.91 Å². The second-order valence-corrected chi connectivity index (χ2v) is 5.52. The van der Waals surface area contributed by atoms with Crippen molar-refractivity contribution in [1.29, 1.82) is 5.26 Å². The van der Waals surface area contributed by atoms with Crippen LogP contribution in [0, 0.1) is 18.3 Å². The molecule has 1 fully saturated rings. The Morgan fingerprint density at radius 1 is 1.60 bits per heavy atom. The van der Waals surface area contributed by atoms with E-state index in [1.807, 2.05) is 11.8 Å². The van der Waals surface area contributed by atoms with Crippen LogP contribution >= 0.6 is 0 Å². The molecule has 1 heterocycles.